The molecule has 0 aliphatic carbocycles. The van der Waals surface area contributed by atoms with Crippen molar-refractivity contribution in [1.29, 1.82) is 0 Å². The maximum absolute atomic E-state index is 11.9. The van der Waals surface area contributed by atoms with Crippen molar-refractivity contribution >= 4 is 29.0 Å². The Labute approximate surface area is 147 Å². The van der Waals surface area contributed by atoms with Gasteiger partial charge in [-0.25, -0.2) is 0 Å². The summed E-state index contributed by atoms with van der Waals surface area (Å²) in [7, 11) is 0. The second kappa shape index (κ2) is 9.22. The Bertz CT molecular complexity index is 754. The molecule has 6 nitrogen and oxygen atoms in total. The minimum atomic E-state index is -0.344. The molecular weight excluding hydrogens is 320 g/mol. The SMILES string of the molecule is C.CC(=O)Nc1ccccc1OCC(=O)Nc1ccc(C(C)=O)cc1. The Kier molecular flexibility index (Phi) is 7.34. The summed E-state index contributed by atoms with van der Waals surface area (Å²) in [6, 6.07) is 13.5. The van der Waals surface area contributed by atoms with Crippen molar-refractivity contribution in [2.45, 2.75) is 21.3 Å². The van der Waals surface area contributed by atoms with Crippen molar-refractivity contribution in [3.05, 3.63) is 54.1 Å². The fraction of sp³-hybridized carbons (Fsp3) is 0.211. The second-order valence-electron chi connectivity index (χ2n) is 5.15. The summed E-state index contributed by atoms with van der Waals surface area (Å²) in [4.78, 5) is 34.3. The molecule has 132 valence electrons. The summed E-state index contributed by atoms with van der Waals surface area (Å²) >= 11 is 0. The second-order valence-corrected chi connectivity index (χ2v) is 5.15. The minimum Gasteiger partial charge on any atom is -0.482 e. The summed E-state index contributed by atoms with van der Waals surface area (Å²) in [6.45, 7) is 2.67. The molecule has 0 aromatic heterocycles. The van der Waals surface area contributed by atoms with E-state index in [1.165, 1.54) is 13.8 Å². The van der Waals surface area contributed by atoms with Gasteiger partial charge in [-0.15, -0.1) is 0 Å². The van der Waals surface area contributed by atoms with Crippen LogP contribution in [0.4, 0.5) is 11.4 Å². The van der Waals surface area contributed by atoms with E-state index in [0.717, 1.165) is 0 Å². The van der Waals surface area contributed by atoms with Crippen molar-refractivity contribution in [3.63, 3.8) is 0 Å². The Hall–Kier alpha value is -3.15. The summed E-state index contributed by atoms with van der Waals surface area (Å²) in [5.74, 6) is -0.190. The minimum absolute atomic E-state index is 0. The lowest BCUT2D eigenvalue weighted by Crippen LogP contribution is -2.20. The van der Waals surface area contributed by atoms with Crippen molar-refractivity contribution in [3.8, 4) is 5.75 Å². The van der Waals surface area contributed by atoms with Gasteiger partial charge in [0.2, 0.25) is 5.91 Å². The molecule has 0 unspecified atom stereocenters. The van der Waals surface area contributed by atoms with Gasteiger partial charge in [0.25, 0.3) is 5.91 Å². The molecule has 2 aromatic carbocycles. The van der Waals surface area contributed by atoms with E-state index < -0.39 is 0 Å². The Morgan fingerprint density at radius 3 is 2.16 bits per heavy atom. The third-order valence-electron chi connectivity index (χ3n) is 3.13. The molecule has 0 radical (unpaired) electrons. The fourth-order valence-corrected chi connectivity index (χ4v) is 2.01. The summed E-state index contributed by atoms with van der Waals surface area (Å²) in [5.41, 5.74) is 1.65. The van der Waals surface area contributed by atoms with E-state index in [4.69, 9.17) is 4.74 Å². The molecule has 0 aliphatic heterocycles. The van der Waals surface area contributed by atoms with Gasteiger partial charge in [-0.05, 0) is 43.3 Å². The van der Waals surface area contributed by atoms with Crippen LogP contribution in [0, 0.1) is 0 Å². The number of para-hydroxylation sites is 2. The smallest absolute Gasteiger partial charge is 0.262 e. The quantitative estimate of drug-likeness (QED) is 0.787. The zero-order chi connectivity index (χ0) is 17.5. The first kappa shape index (κ1) is 19.9. The molecule has 25 heavy (non-hydrogen) atoms. The van der Waals surface area contributed by atoms with Gasteiger partial charge in [0.05, 0.1) is 5.69 Å². The first-order valence-corrected chi connectivity index (χ1v) is 7.36. The molecule has 2 amide bonds. The highest BCUT2D eigenvalue weighted by Crippen LogP contribution is 2.23. The number of amides is 2. The van der Waals surface area contributed by atoms with E-state index >= 15 is 0 Å². The summed E-state index contributed by atoms with van der Waals surface area (Å²) in [6.07, 6.45) is 0. The van der Waals surface area contributed by atoms with Crippen molar-refractivity contribution in [2.75, 3.05) is 17.2 Å². The average molecular weight is 342 g/mol. The number of ketones is 1. The predicted molar refractivity (Wildman–Crippen MR) is 98.0 cm³/mol. The fourth-order valence-electron chi connectivity index (χ4n) is 2.01. The normalized spacial score (nSPS) is 9.52. The Morgan fingerprint density at radius 2 is 1.56 bits per heavy atom. The highest BCUT2D eigenvalue weighted by molar-refractivity contribution is 5.96. The van der Waals surface area contributed by atoms with E-state index in [-0.39, 0.29) is 31.6 Å². The van der Waals surface area contributed by atoms with Gasteiger partial charge >= 0.3 is 0 Å². The Balaban J connectivity index is 0.00000312. The first-order valence-electron chi connectivity index (χ1n) is 7.36. The zero-order valence-electron chi connectivity index (χ0n) is 13.5. The summed E-state index contributed by atoms with van der Waals surface area (Å²) in [5, 5.41) is 5.31. The molecule has 0 aliphatic rings. The monoisotopic (exact) mass is 342 g/mol. The molecule has 0 bridgehead atoms. The van der Waals surface area contributed by atoms with Gasteiger partial charge in [0.1, 0.15) is 5.75 Å². The van der Waals surface area contributed by atoms with Crippen molar-refractivity contribution in [1.82, 2.24) is 0 Å². The lowest BCUT2D eigenvalue weighted by atomic mass is 10.1. The highest BCUT2D eigenvalue weighted by atomic mass is 16.5. The van der Waals surface area contributed by atoms with E-state index in [0.29, 0.717) is 22.7 Å². The van der Waals surface area contributed by atoms with E-state index in [9.17, 15) is 14.4 Å². The van der Waals surface area contributed by atoms with E-state index in [2.05, 4.69) is 10.6 Å². The molecule has 0 saturated carbocycles. The highest BCUT2D eigenvalue weighted by Gasteiger charge is 2.08. The number of nitrogens with one attached hydrogen (secondary N) is 2. The van der Waals surface area contributed by atoms with E-state index in [1.807, 2.05) is 0 Å². The predicted octanol–water partition coefficient (Wildman–Crippen LogP) is 3.50. The van der Waals surface area contributed by atoms with Crippen LogP contribution in [0.15, 0.2) is 48.5 Å². The van der Waals surface area contributed by atoms with Crippen LogP contribution in [-0.2, 0) is 9.59 Å². The lowest BCUT2D eigenvalue weighted by Gasteiger charge is -2.11. The number of hydrogen-bond donors (Lipinski definition) is 2. The molecule has 0 fully saturated rings. The number of benzene rings is 2. The van der Waals surface area contributed by atoms with Crippen LogP contribution in [0.25, 0.3) is 0 Å². The number of anilines is 2. The zero-order valence-corrected chi connectivity index (χ0v) is 13.5. The van der Waals surface area contributed by atoms with Crippen LogP contribution in [0.5, 0.6) is 5.75 Å². The number of ether oxygens (including phenoxy) is 1. The lowest BCUT2D eigenvalue weighted by molar-refractivity contribution is -0.118. The number of carbonyl (C=O) groups is 3. The molecule has 0 saturated heterocycles. The molecule has 2 rings (SSSR count). The first-order chi connectivity index (χ1) is 11.5. The maximum Gasteiger partial charge on any atom is 0.262 e. The van der Waals surface area contributed by atoms with Crippen LogP contribution < -0.4 is 15.4 Å². The number of Topliss-reactive ketones (excluding diaryl/α,β-unsaturated/α-hetero) is 1. The van der Waals surface area contributed by atoms with Gasteiger partial charge < -0.3 is 15.4 Å². The standard InChI is InChI=1S/C18H18N2O4.CH4/c1-12(21)14-7-9-15(10-8-14)20-18(23)11-24-17-6-4-3-5-16(17)19-13(2)22;/h3-10H,11H2,1-2H3,(H,19,22)(H,20,23);1H4. The van der Waals surface area contributed by atoms with Gasteiger partial charge in [-0.3, -0.25) is 14.4 Å². The van der Waals surface area contributed by atoms with Crippen molar-refractivity contribution in [2.24, 2.45) is 0 Å². The van der Waals surface area contributed by atoms with Gasteiger partial charge in [-0.1, -0.05) is 19.6 Å². The average Bonchev–Trinajstić information content (AvgIpc) is 2.54. The number of rotatable bonds is 6. The maximum atomic E-state index is 11.9. The molecular formula is C19H22N2O4. The van der Waals surface area contributed by atoms with E-state index in [1.54, 1.807) is 48.5 Å². The third kappa shape index (κ3) is 6.10. The van der Waals surface area contributed by atoms with Crippen molar-refractivity contribution < 1.29 is 19.1 Å². The van der Waals surface area contributed by atoms with Gasteiger partial charge in [0, 0.05) is 18.2 Å². The molecule has 0 heterocycles. The van der Waals surface area contributed by atoms with Gasteiger partial charge in [-0.2, -0.15) is 0 Å². The molecule has 2 N–H and O–H groups in total. The molecule has 2 aromatic rings. The van der Waals surface area contributed by atoms with Crippen LogP contribution in [0.2, 0.25) is 0 Å². The largest absolute Gasteiger partial charge is 0.482 e. The number of hydrogen-bond acceptors (Lipinski definition) is 4. The summed E-state index contributed by atoms with van der Waals surface area (Å²) < 4.78 is 5.45. The topological polar surface area (TPSA) is 84.5 Å². The van der Waals surface area contributed by atoms with Crippen LogP contribution in [0.1, 0.15) is 31.6 Å². The van der Waals surface area contributed by atoms with Crippen LogP contribution in [0.3, 0.4) is 0 Å². The number of carbonyl (C=O) groups excluding carboxylic acids is 3. The van der Waals surface area contributed by atoms with Gasteiger partial charge in [0.15, 0.2) is 12.4 Å². The van der Waals surface area contributed by atoms with Crippen LogP contribution >= 0.6 is 0 Å². The molecule has 6 heteroatoms. The third-order valence-corrected chi connectivity index (χ3v) is 3.13. The Morgan fingerprint density at radius 1 is 0.920 bits per heavy atom. The molecule has 0 atom stereocenters. The van der Waals surface area contributed by atoms with Crippen LogP contribution in [-0.4, -0.2) is 24.2 Å². The molecule has 0 spiro atoms.